The SMILES string of the molecule is CCOc1cc(N)c(C)nc1Cl. The Morgan fingerprint density at radius 3 is 2.92 bits per heavy atom. The molecule has 0 radical (unpaired) electrons. The summed E-state index contributed by atoms with van der Waals surface area (Å²) in [6, 6.07) is 1.69. The van der Waals surface area contributed by atoms with Crippen LogP contribution in [-0.2, 0) is 0 Å². The van der Waals surface area contributed by atoms with Crippen LogP contribution in [0.2, 0.25) is 5.15 Å². The van der Waals surface area contributed by atoms with E-state index in [1.165, 1.54) is 0 Å². The predicted octanol–water partition coefficient (Wildman–Crippen LogP) is 2.02. The lowest BCUT2D eigenvalue weighted by molar-refractivity contribution is 0.339. The molecule has 2 N–H and O–H groups in total. The van der Waals surface area contributed by atoms with Crippen molar-refractivity contribution in [1.29, 1.82) is 0 Å². The third-order valence-corrected chi connectivity index (χ3v) is 1.74. The lowest BCUT2D eigenvalue weighted by Crippen LogP contribution is -1.98. The first-order chi connectivity index (χ1) is 5.65. The quantitative estimate of drug-likeness (QED) is 0.719. The first kappa shape index (κ1) is 9.13. The molecule has 1 rings (SSSR count). The summed E-state index contributed by atoms with van der Waals surface area (Å²) < 4.78 is 5.20. The van der Waals surface area contributed by atoms with E-state index in [-0.39, 0.29) is 0 Å². The Hall–Kier alpha value is -0.960. The van der Waals surface area contributed by atoms with E-state index in [4.69, 9.17) is 22.1 Å². The number of hydrogen-bond acceptors (Lipinski definition) is 3. The molecule has 0 aliphatic carbocycles. The van der Waals surface area contributed by atoms with Crippen LogP contribution in [0.5, 0.6) is 5.75 Å². The molecule has 66 valence electrons. The number of pyridine rings is 1. The molecule has 0 fully saturated rings. The van der Waals surface area contributed by atoms with E-state index in [9.17, 15) is 0 Å². The van der Waals surface area contributed by atoms with E-state index >= 15 is 0 Å². The maximum atomic E-state index is 5.79. The highest BCUT2D eigenvalue weighted by atomic mass is 35.5. The zero-order valence-corrected chi connectivity index (χ0v) is 7.85. The van der Waals surface area contributed by atoms with Gasteiger partial charge < -0.3 is 10.5 Å². The molecule has 0 bridgehead atoms. The Balaban J connectivity index is 3.05. The van der Waals surface area contributed by atoms with Gasteiger partial charge in [-0.15, -0.1) is 0 Å². The van der Waals surface area contributed by atoms with Crippen LogP contribution in [0.1, 0.15) is 12.6 Å². The highest BCUT2D eigenvalue weighted by Crippen LogP contribution is 2.25. The number of anilines is 1. The topological polar surface area (TPSA) is 48.1 Å². The van der Waals surface area contributed by atoms with E-state index in [2.05, 4.69) is 4.98 Å². The molecule has 0 amide bonds. The normalized spacial score (nSPS) is 9.92. The van der Waals surface area contributed by atoms with Crippen LogP contribution in [-0.4, -0.2) is 11.6 Å². The number of hydrogen-bond donors (Lipinski definition) is 1. The van der Waals surface area contributed by atoms with E-state index < -0.39 is 0 Å². The van der Waals surface area contributed by atoms with Crippen molar-refractivity contribution in [3.8, 4) is 5.75 Å². The zero-order chi connectivity index (χ0) is 9.14. The fourth-order valence-electron chi connectivity index (χ4n) is 0.829. The average molecular weight is 187 g/mol. The van der Waals surface area contributed by atoms with E-state index in [1.54, 1.807) is 13.0 Å². The zero-order valence-electron chi connectivity index (χ0n) is 7.10. The van der Waals surface area contributed by atoms with Crippen molar-refractivity contribution in [2.45, 2.75) is 13.8 Å². The number of halogens is 1. The summed E-state index contributed by atoms with van der Waals surface area (Å²) in [6.45, 7) is 4.24. The molecule has 1 aromatic heterocycles. The molecule has 0 spiro atoms. The minimum atomic E-state index is 0.364. The fourth-order valence-corrected chi connectivity index (χ4v) is 1.06. The minimum Gasteiger partial charge on any atom is -0.491 e. The molecular weight excluding hydrogens is 176 g/mol. The van der Waals surface area contributed by atoms with Gasteiger partial charge in [0.15, 0.2) is 10.9 Å². The second-order valence-corrected chi connectivity index (χ2v) is 2.74. The van der Waals surface area contributed by atoms with E-state index in [0.717, 1.165) is 5.69 Å². The van der Waals surface area contributed by atoms with Crippen molar-refractivity contribution < 1.29 is 4.74 Å². The second kappa shape index (κ2) is 3.63. The van der Waals surface area contributed by atoms with Gasteiger partial charge in [-0.1, -0.05) is 11.6 Å². The number of rotatable bonds is 2. The molecule has 0 aliphatic heterocycles. The van der Waals surface area contributed by atoms with Crippen molar-refractivity contribution in [1.82, 2.24) is 4.98 Å². The molecule has 1 aromatic rings. The van der Waals surface area contributed by atoms with Crippen molar-refractivity contribution in [3.63, 3.8) is 0 Å². The Morgan fingerprint density at radius 1 is 1.67 bits per heavy atom. The Bertz CT molecular complexity index is 289. The summed E-state index contributed by atoms with van der Waals surface area (Å²) in [7, 11) is 0. The van der Waals surface area contributed by atoms with Crippen LogP contribution in [0.3, 0.4) is 0 Å². The van der Waals surface area contributed by atoms with Crippen LogP contribution in [0.15, 0.2) is 6.07 Å². The molecule has 0 atom stereocenters. The number of aromatic nitrogens is 1. The van der Waals surface area contributed by atoms with Crippen molar-refractivity contribution in [2.24, 2.45) is 0 Å². The van der Waals surface area contributed by atoms with Crippen molar-refractivity contribution in [3.05, 3.63) is 16.9 Å². The number of nitrogens with two attached hydrogens (primary N) is 1. The lowest BCUT2D eigenvalue weighted by atomic mass is 10.3. The van der Waals surface area contributed by atoms with Gasteiger partial charge in [0.05, 0.1) is 18.0 Å². The van der Waals surface area contributed by atoms with E-state index in [1.807, 2.05) is 6.92 Å². The standard InChI is InChI=1S/C8H11ClN2O/c1-3-12-7-4-6(10)5(2)11-8(7)9/h4H,3,10H2,1-2H3. The minimum absolute atomic E-state index is 0.364. The molecule has 0 unspecified atom stereocenters. The van der Waals surface area contributed by atoms with Crippen LogP contribution in [0.25, 0.3) is 0 Å². The number of nitrogens with zero attached hydrogens (tertiary/aromatic N) is 1. The Morgan fingerprint density at radius 2 is 2.33 bits per heavy atom. The van der Waals surface area contributed by atoms with E-state index in [0.29, 0.717) is 23.2 Å². The number of aryl methyl sites for hydroxylation is 1. The van der Waals surface area contributed by atoms with Gasteiger partial charge in [0.1, 0.15) is 0 Å². The molecule has 4 heteroatoms. The molecule has 0 saturated heterocycles. The highest BCUT2D eigenvalue weighted by Gasteiger charge is 2.05. The summed E-state index contributed by atoms with van der Waals surface area (Å²) in [5, 5.41) is 0.364. The fraction of sp³-hybridized carbons (Fsp3) is 0.375. The summed E-state index contributed by atoms with van der Waals surface area (Å²) in [4.78, 5) is 4.01. The number of ether oxygens (including phenoxy) is 1. The summed E-state index contributed by atoms with van der Waals surface area (Å²) in [5.41, 5.74) is 6.94. The monoisotopic (exact) mass is 186 g/mol. The largest absolute Gasteiger partial charge is 0.491 e. The molecule has 0 aromatic carbocycles. The maximum absolute atomic E-state index is 5.79. The van der Waals surface area contributed by atoms with Crippen molar-refractivity contribution >= 4 is 17.3 Å². The third-order valence-electron chi connectivity index (χ3n) is 1.47. The number of nitrogen functional groups attached to an aromatic ring is 1. The second-order valence-electron chi connectivity index (χ2n) is 2.38. The van der Waals surface area contributed by atoms with Gasteiger partial charge in [-0.3, -0.25) is 0 Å². The smallest absolute Gasteiger partial charge is 0.171 e. The first-order valence-electron chi connectivity index (χ1n) is 3.70. The van der Waals surface area contributed by atoms with Gasteiger partial charge in [0, 0.05) is 6.07 Å². The molecule has 0 aliphatic rings. The van der Waals surface area contributed by atoms with Crippen molar-refractivity contribution in [2.75, 3.05) is 12.3 Å². The van der Waals surface area contributed by atoms with Gasteiger partial charge >= 0.3 is 0 Å². The maximum Gasteiger partial charge on any atom is 0.171 e. The van der Waals surface area contributed by atoms with Gasteiger partial charge in [-0.05, 0) is 13.8 Å². The van der Waals surface area contributed by atoms with Crippen LogP contribution in [0, 0.1) is 6.92 Å². The lowest BCUT2D eigenvalue weighted by Gasteiger charge is -2.06. The summed E-state index contributed by atoms with van der Waals surface area (Å²) >= 11 is 5.79. The Kier molecular flexibility index (Phi) is 2.76. The summed E-state index contributed by atoms with van der Waals surface area (Å²) in [5.74, 6) is 0.544. The predicted molar refractivity (Wildman–Crippen MR) is 49.6 cm³/mol. The molecular formula is C8H11ClN2O. The first-order valence-corrected chi connectivity index (χ1v) is 4.08. The third kappa shape index (κ3) is 1.80. The van der Waals surface area contributed by atoms with Gasteiger partial charge in [-0.25, -0.2) is 4.98 Å². The van der Waals surface area contributed by atoms with Crippen LogP contribution >= 0.6 is 11.6 Å². The Labute approximate surface area is 76.5 Å². The molecule has 12 heavy (non-hydrogen) atoms. The molecule has 3 nitrogen and oxygen atoms in total. The highest BCUT2D eigenvalue weighted by molar-refractivity contribution is 6.30. The molecule has 1 heterocycles. The van der Waals surface area contributed by atoms with Crippen LogP contribution < -0.4 is 10.5 Å². The van der Waals surface area contributed by atoms with Crippen LogP contribution in [0.4, 0.5) is 5.69 Å². The van der Waals surface area contributed by atoms with Gasteiger partial charge in [-0.2, -0.15) is 0 Å². The van der Waals surface area contributed by atoms with Gasteiger partial charge in [0.25, 0.3) is 0 Å². The summed E-state index contributed by atoms with van der Waals surface area (Å²) in [6.07, 6.45) is 0. The molecule has 0 saturated carbocycles. The van der Waals surface area contributed by atoms with Gasteiger partial charge in [0.2, 0.25) is 0 Å². The average Bonchev–Trinajstić information content (AvgIpc) is 2.01.